The maximum atomic E-state index is 13.1. The third-order valence-corrected chi connectivity index (χ3v) is 6.39. The normalized spacial score (nSPS) is 15.4. The van der Waals surface area contributed by atoms with Crippen molar-refractivity contribution >= 4 is 55.2 Å². The van der Waals surface area contributed by atoms with Gasteiger partial charge in [0, 0.05) is 11.8 Å². The highest BCUT2D eigenvalue weighted by Crippen LogP contribution is 2.37. The summed E-state index contributed by atoms with van der Waals surface area (Å²) in [7, 11) is 0. The van der Waals surface area contributed by atoms with E-state index < -0.39 is 5.97 Å². The second-order valence-corrected chi connectivity index (χ2v) is 8.95. The number of ketones is 1. The Morgan fingerprint density at radius 2 is 2.03 bits per heavy atom. The molecule has 1 atom stereocenters. The van der Waals surface area contributed by atoms with Crippen LogP contribution in [0.25, 0.3) is 0 Å². The van der Waals surface area contributed by atoms with Gasteiger partial charge in [0.1, 0.15) is 11.5 Å². The van der Waals surface area contributed by atoms with Gasteiger partial charge in [0.05, 0.1) is 34.2 Å². The second kappa shape index (κ2) is 10.6. The van der Waals surface area contributed by atoms with Gasteiger partial charge in [-0.25, -0.2) is 0 Å². The zero-order valence-electron chi connectivity index (χ0n) is 16.1. The number of carbonyl (C=O) groups excluding carboxylic acids is 1. The molecule has 0 radical (unpaired) electrons. The van der Waals surface area contributed by atoms with Crippen LogP contribution in [-0.4, -0.2) is 30.1 Å². The molecule has 0 saturated carbocycles. The molecule has 0 fully saturated rings. The molecule has 8 heteroatoms. The number of hydrogen-bond acceptors (Lipinski definition) is 4. The second-order valence-electron chi connectivity index (χ2n) is 7.13. The molecule has 1 aliphatic heterocycles. The molecule has 0 aliphatic carbocycles. The van der Waals surface area contributed by atoms with Crippen molar-refractivity contribution in [1.29, 1.82) is 0 Å². The molecule has 0 aromatic heterocycles. The van der Waals surface area contributed by atoms with E-state index >= 15 is 0 Å². The van der Waals surface area contributed by atoms with E-state index in [-0.39, 0.29) is 18.1 Å². The third-order valence-electron chi connectivity index (χ3n) is 4.84. The van der Waals surface area contributed by atoms with Crippen LogP contribution in [0.5, 0.6) is 11.5 Å². The zero-order chi connectivity index (χ0) is 21.7. The van der Waals surface area contributed by atoms with Crippen LogP contribution in [0.15, 0.2) is 34.8 Å². The van der Waals surface area contributed by atoms with Gasteiger partial charge in [-0.05, 0) is 70.6 Å². The Morgan fingerprint density at radius 1 is 1.23 bits per heavy atom. The molecule has 2 aromatic carbocycles. The molecule has 5 nitrogen and oxygen atoms in total. The van der Waals surface area contributed by atoms with Crippen LogP contribution in [0.2, 0.25) is 5.02 Å². The van der Waals surface area contributed by atoms with Crippen molar-refractivity contribution in [3.05, 3.63) is 56.5 Å². The molecule has 30 heavy (non-hydrogen) atoms. The number of halogens is 3. The van der Waals surface area contributed by atoms with E-state index in [1.807, 2.05) is 24.3 Å². The van der Waals surface area contributed by atoms with Gasteiger partial charge in [-0.3, -0.25) is 9.59 Å². The number of unbranched alkanes of at least 4 members (excludes halogenated alkanes) is 1. The number of benzene rings is 2. The number of hydrogen-bond donors (Lipinski definition) is 1. The third kappa shape index (κ3) is 5.77. The van der Waals surface area contributed by atoms with Crippen LogP contribution in [-0.2, 0) is 16.5 Å². The number of carboxylic acid groups (broad SMARTS) is 1. The predicted octanol–water partition coefficient (Wildman–Crippen LogP) is 6.07. The van der Waals surface area contributed by atoms with Crippen LogP contribution in [0.1, 0.15) is 40.7 Å². The lowest BCUT2D eigenvalue weighted by Crippen LogP contribution is -2.30. The first-order valence-electron chi connectivity index (χ1n) is 9.57. The number of carbonyl (C=O) groups is 2. The molecule has 3 rings (SSSR count). The standard InChI is InChI=1S/C22H21Br2ClO5/c23-11-14-8-16-21(28)15(12-30-22(16)17(24)9-14)7-13-4-5-18(25)19(10-13)29-6-2-1-3-20(26)27/h4-5,8-10,15H,1-3,6-7,11-12H2,(H,26,27). The quantitative estimate of drug-likeness (QED) is 0.298. The molecule has 0 bridgehead atoms. The number of alkyl halides is 1. The SMILES string of the molecule is O=C(O)CCCCOc1cc(CC2COc3c(Br)cc(CBr)cc3C2=O)ccc1Cl. The van der Waals surface area contributed by atoms with Gasteiger partial charge < -0.3 is 14.6 Å². The fraction of sp³-hybridized carbons (Fsp3) is 0.364. The van der Waals surface area contributed by atoms with Crippen molar-refractivity contribution in [1.82, 2.24) is 0 Å². The van der Waals surface area contributed by atoms with E-state index in [9.17, 15) is 9.59 Å². The van der Waals surface area contributed by atoms with E-state index in [4.69, 9.17) is 26.2 Å². The molecule has 1 unspecified atom stereocenters. The van der Waals surface area contributed by atoms with Crippen molar-refractivity contribution in [2.75, 3.05) is 13.2 Å². The summed E-state index contributed by atoms with van der Waals surface area (Å²) in [5.41, 5.74) is 2.53. The van der Waals surface area contributed by atoms with Crippen LogP contribution in [0.4, 0.5) is 0 Å². The number of aliphatic carboxylic acids is 1. The lowest BCUT2D eigenvalue weighted by molar-refractivity contribution is -0.137. The van der Waals surface area contributed by atoms with Crippen molar-refractivity contribution in [2.45, 2.75) is 31.0 Å². The van der Waals surface area contributed by atoms with Crippen LogP contribution in [0.3, 0.4) is 0 Å². The first-order valence-corrected chi connectivity index (χ1v) is 11.9. The summed E-state index contributed by atoms with van der Waals surface area (Å²) in [4.78, 5) is 23.6. The first-order chi connectivity index (χ1) is 14.4. The minimum absolute atomic E-state index is 0.0610. The van der Waals surface area contributed by atoms with Gasteiger partial charge >= 0.3 is 5.97 Å². The van der Waals surface area contributed by atoms with E-state index in [0.29, 0.717) is 59.9 Å². The van der Waals surface area contributed by atoms with Gasteiger partial charge in [-0.15, -0.1) is 0 Å². The van der Waals surface area contributed by atoms with Crippen LogP contribution < -0.4 is 9.47 Å². The highest BCUT2D eigenvalue weighted by atomic mass is 79.9. The highest BCUT2D eigenvalue weighted by Gasteiger charge is 2.31. The average Bonchev–Trinajstić information content (AvgIpc) is 2.71. The predicted molar refractivity (Wildman–Crippen MR) is 122 cm³/mol. The summed E-state index contributed by atoms with van der Waals surface area (Å²) in [6.45, 7) is 0.699. The summed E-state index contributed by atoms with van der Waals surface area (Å²) in [5, 5.41) is 9.83. The van der Waals surface area contributed by atoms with Crippen molar-refractivity contribution in [3.63, 3.8) is 0 Å². The summed E-state index contributed by atoms with van der Waals surface area (Å²) >= 11 is 13.1. The van der Waals surface area contributed by atoms with Gasteiger partial charge in [0.15, 0.2) is 5.78 Å². The average molecular weight is 561 g/mol. The molecule has 0 saturated heterocycles. The van der Waals surface area contributed by atoms with E-state index in [1.165, 1.54) is 0 Å². The molecular formula is C22H21Br2ClO5. The molecule has 1 N–H and O–H groups in total. The molecule has 1 heterocycles. The topological polar surface area (TPSA) is 72.8 Å². The van der Waals surface area contributed by atoms with Gasteiger partial charge in [-0.2, -0.15) is 0 Å². The van der Waals surface area contributed by atoms with Crippen LogP contribution >= 0.6 is 43.5 Å². The Kier molecular flexibility index (Phi) is 8.20. The molecule has 2 aromatic rings. The number of rotatable bonds is 9. The number of carboxylic acids is 1. The number of fused-ring (bicyclic) bond motifs is 1. The molecule has 1 aliphatic rings. The molecule has 0 spiro atoms. The fourth-order valence-electron chi connectivity index (χ4n) is 3.32. The number of ether oxygens (including phenoxy) is 2. The summed E-state index contributed by atoms with van der Waals surface area (Å²) < 4.78 is 12.4. The smallest absolute Gasteiger partial charge is 0.303 e. The Hall–Kier alpha value is -1.57. The van der Waals surface area contributed by atoms with Crippen molar-refractivity contribution in [2.24, 2.45) is 5.92 Å². The zero-order valence-corrected chi connectivity index (χ0v) is 20.1. The summed E-state index contributed by atoms with van der Waals surface area (Å²) in [5.74, 6) is 0.0949. The maximum absolute atomic E-state index is 13.1. The maximum Gasteiger partial charge on any atom is 0.303 e. The molecule has 0 amide bonds. The lowest BCUT2D eigenvalue weighted by atomic mass is 9.89. The van der Waals surface area contributed by atoms with Crippen molar-refractivity contribution < 1.29 is 24.2 Å². The molecule has 160 valence electrons. The Labute approximate surface area is 197 Å². The Bertz CT molecular complexity index is 947. The Morgan fingerprint density at radius 3 is 2.77 bits per heavy atom. The monoisotopic (exact) mass is 558 g/mol. The van der Waals surface area contributed by atoms with E-state index in [1.54, 1.807) is 6.07 Å². The van der Waals surface area contributed by atoms with E-state index in [2.05, 4.69) is 31.9 Å². The number of Topliss-reactive ketones (excluding diaryl/α,β-unsaturated/α-hetero) is 1. The minimum Gasteiger partial charge on any atom is -0.492 e. The van der Waals surface area contributed by atoms with E-state index in [0.717, 1.165) is 15.6 Å². The minimum atomic E-state index is -0.814. The largest absolute Gasteiger partial charge is 0.492 e. The fourth-order valence-corrected chi connectivity index (χ4v) is 4.44. The summed E-state index contributed by atoms with van der Waals surface area (Å²) in [6.07, 6.45) is 1.81. The van der Waals surface area contributed by atoms with Gasteiger partial charge in [0.25, 0.3) is 0 Å². The van der Waals surface area contributed by atoms with Crippen molar-refractivity contribution in [3.8, 4) is 11.5 Å². The Balaban J connectivity index is 1.67. The highest BCUT2D eigenvalue weighted by molar-refractivity contribution is 9.10. The van der Waals surface area contributed by atoms with Gasteiger partial charge in [0.2, 0.25) is 0 Å². The van der Waals surface area contributed by atoms with Crippen LogP contribution in [0, 0.1) is 5.92 Å². The first kappa shape index (κ1) is 23.1. The summed E-state index contributed by atoms with van der Waals surface area (Å²) in [6, 6.07) is 9.29. The lowest BCUT2D eigenvalue weighted by Gasteiger charge is -2.25. The molecular weight excluding hydrogens is 539 g/mol. The van der Waals surface area contributed by atoms with Gasteiger partial charge in [-0.1, -0.05) is 33.6 Å².